The molecule has 0 aliphatic rings. The maximum Gasteiger partial charge on any atom is 0.0737 e. The molecule has 1 aromatic heterocycles. The Morgan fingerprint density at radius 3 is 2.24 bits per heavy atom. The van der Waals surface area contributed by atoms with E-state index in [0.29, 0.717) is 5.92 Å². The Bertz CT molecular complexity index is 584. The lowest BCUT2D eigenvalue weighted by molar-refractivity contribution is 0.288. The zero-order valence-electron chi connectivity index (χ0n) is 13.8. The first-order valence-electron chi connectivity index (χ1n) is 7.82. The Hall–Kier alpha value is -1.61. The highest BCUT2D eigenvalue weighted by Gasteiger charge is 2.27. The lowest BCUT2D eigenvalue weighted by Gasteiger charge is -2.29. The zero-order chi connectivity index (χ0) is 15.6. The maximum atomic E-state index is 6.58. The molecule has 21 heavy (non-hydrogen) atoms. The average molecular weight is 285 g/mol. The van der Waals surface area contributed by atoms with E-state index in [4.69, 9.17) is 10.8 Å². The van der Waals surface area contributed by atoms with Crippen molar-refractivity contribution in [2.75, 3.05) is 0 Å². The van der Waals surface area contributed by atoms with Crippen LogP contribution in [0.2, 0.25) is 0 Å². The molecule has 3 heteroatoms. The van der Waals surface area contributed by atoms with Crippen LogP contribution in [0, 0.1) is 19.8 Å². The predicted octanol–water partition coefficient (Wildman–Crippen LogP) is 3.96. The van der Waals surface area contributed by atoms with Gasteiger partial charge in [-0.3, -0.25) is 4.68 Å². The van der Waals surface area contributed by atoms with Gasteiger partial charge < -0.3 is 5.73 Å². The monoisotopic (exact) mass is 285 g/mol. The van der Waals surface area contributed by atoms with Crippen LogP contribution in [0.15, 0.2) is 30.3 Å². The van der Waals surface area contributed by atoms with Gasteiger partial charge in [0.25, 0.3) is 0 Å². The minimum atomic E-state index is -0.0473. The fourth-order valence-corrected chi connectivity index (χ4v) is 3.22. The standard InChI is InChI=1S/C18H27N3/c1-6-16-13(4)20-21(14(16)5)18(12(2)3)17(19)15-10-8-7-9-11-15/h7-12,17-18H,6,19H2,1-5H3. The van der Waals surface area contributed by atoms with Crippen LogP contribution in [0.4, 0.5) is 0 Å². The largest absolute Gasteiger partial charge is 0.322 e. The van der Waals surface area contributed by atoms with E-state index in [-0.39, 0.29) is 12.1 Å². The van der Waals surface area contributed by atoms with E-state index in [0.717, 1.165) is 12.1 Å². The Balaban J connectivity index is 2.45. The Morgan fingerprint density at radius 2 is 1.76 bits per heavy atom. The Labute approximate surface area is 128 Å². The third kappa shape index (κ3) is 3.03. The number of aromatic nitrogens is 2. The highest BCUT2D eigenvalue weighted by Crippen LogP contribution is 2.32. The van der Waals surface area contributed by atoms with Crippen LogP contribution in [-0.2, 0) is 6.42 Å². The van der Waals surface area contributed by atoms with Gasteiger partial charge in [-0.1, -0.05) is 51.1 Å². The minimum Gasteiger partial charge on any atom is -0.322 e. The van der Waals surface area contributed by atoms with Gasteiger partial charge in [-0.15, -0.1) is 0 Å². The molecule has 0 saturated heterocycles. The van der Waals surface area contributed by atoms with Gasteiger partial charge in [0.05, 0.1) is 17.8 Å². The summed E-state index contributed by atoms with van der Waals surface area (Å²) in [6.45, 7) is 10.9. The molecule has 0 bridgehead atoms. The van der Waals surface area contributed by atoms with Gasteiger partial charge in [-0.25, -0.2) is 0 Å². The topological polar surface area (TPSA) is 43.8 Å². The summed E-state index contributed by atoms with van der Waals surface area (Å²) in [6.07, 6.45) is 1.02. The molecule has 2 rings (SSSR count). The van der Waals surface area contributed by atoms with Crippen LogP contribution in [0.3, 0.4) is 0 Å². The molecule has 0 aliphatic heterocycles. The normalized spacial score (nSPS) is 14.4. The van der Waals surface area contributed by atoms with Crippen molar-refractivity contribution < 1.29 is 0 Å². The molecule has 2 unspecified atom stereocenters. The van der Waals surface area contributed by atoms with E-state index in [1.54, 1.807) is 0 Å². The van der Waals surface area contributed by atoms with Gasteiger partial charge in [0, 0.05) is 5.69 Å². The highest BCUT2D eigenvalue weighted by molar-refractivity contribution is 5.26. The summed E-state index contributed by atoms with van der Waals surface area (Å²) < 4.78 is 2.15. The van der Waals surface area contributed by atoms with Crippen LogP contribution in [0.5, 0.6) is 0 Å². The molecule has 1 heterocycles. The van der Waals surface area contributed by atoms with Crippen molar-refractivity contribution in [3.05, 3.63) is 52.8 Å². The second kappa shape index (κ2) is 6.44. The number of rotatable bonds is 5. The fraction of sp³-hybridized carbons (Fsp3) is 0.500. The predicted molar refractivity (Wildman–Crippen MR) is 88.3 cm³/mol. The number of hydrogen-bond donors (Lipinski definition) is 1. The fourth-order valence-electron chi connectivity index (χ4n) is 3.22. The van der Waals surface area contributed by atoms with E-state index < -0.39 is 0 Å². The van der Waals surface area contributed by atoms with Crippen LogP contribution >= 0.6 is 0 Å². The first-order chi connectivity index (χ1) is 9.97. The van der Waals surface area contributed by atoms with Crippen molar-refractivity contribution >= 4 is 0 Å². The smallest absolute Gasteiger partial charge is 0.0737 e. The van der Waals surface area contributed by atoms with E-state index >= 15 is 0 Å². The van der Waals surface area contributed by atoms with Crippen molar-refractivity contribution in [3.63, 3.8) is 0 Å². The van der Waals surface area contributed by atoms with Gasteiger partial charge in [-0.2, -0.15) is 5.10 Å². The first-order valence-corrected chi connectivity index (χ1v) is 7.82. The summed E-state index contributed by atoms with van der Waals surface area (Å²) in [4.78, 5) is 0. The molecule has 0 aliphatic carbocycles. The van der Waals surface area contributed by atoms with Crippen molar-refractivity contribution in [3.8, 4) is 0 Å². The van der Waals surface area contributed by atoms with Crippen molar-refractivity contribution in [1.29, 1.82) is 0 Å². The van der Waals surface area contributed by atoms with Gasteiger partial charge in [-0.05, 0) is 37.3 Å². The van der Waals surface area contributed by atoms with Crippen LogP contribution in [0.1, 0.15) is 55.4 Å². The molecule has 2 aromatic rings. The molecule has 2 atom stereocenters. The average Bonchev–Trinajstić information content (AvgIpc) is 2.74. The molecule has 0 amide bonds. The molecule has 0 saturated carbocycles. The molecule has 0 fully saturated rings. The molecule has 3 nitrogen and oxygen atoms in total. The minimum absolute atomic E-state index is 0.0473. The van der Waals surface area contributed by atoms with Crippen LogP contribution in [0.25, 0.3) is 0 Å². The van der Waals surface area contributed by atoms with Gasteiger partial charge >= 0.3 is 0 Å². The number of benzene rings is 1. The maximum absolute atomic E-state index is 6.58. The van der Waals surface area contributed by atoms with E-state index in [1.807, 2.05) is 18.2 Å². The first kappa shape index (κ1) is 15.8. The molecule has 0 radical (unpaired) electrons. The van der Waals surface area contributed by atoms with Crippen LogP contribution in [-0.4, -0.2) is 9.78 Å². The lowest BCUT2D eigenvalue weighted by Crippen LogP contribution is -2.30. The molecular weight excluding hydrogens is 258 g/mol. The van der Waals surface area contributed by atoms with Crippen molar-refractivity contribution in [1.82, 2.24) is 9.78 Å². The molecule has 114 valence electrons. The van der Waals surface area contributed by atoms with Crippen LogP contribution < -0.4 is 5.73 Å². The highest BCUT2D eigenvalue weighted by atomic mass is 15.3. The SMILES string of the molecule is CCc1c(C)nn(C(C(C)C)C(N)c2ccccc2)c1C. The van der Waals surface area contributed by atoms with Gasteiger partial charge in [0.2, 0.25) is 0 Å². The quantitative estimate of drug-likeness (QED) is 0.903. The Kier molecular flexibility index (Phi) is 4.84. The molecule has 0 spiro atoms. The summed E-state index contributed by atoms with van der Waals surface area (Å²) in [7, 11) is 0. The van der Waals surface area contributed by atoms with Gasteiger partial charge in [0.1, 0.15) is 0 Å². The van der Waals surface area contributed by atoms with E-state index in [9.17, 15) is 0 Å². The number of hydrogen-bond acceptors (Lipinski definition) is 2. The van der Waals surface area contributed by atoms with E-state index in [2.05, 4.69) is 51.4 Å². The summed E-state index contributed by atoms with van der Waals surface area (Å²) in [5.74, 6) is 0.419. The summed E-state index contributed by atoms with van der Waals surface area (Å²) in [5, 5.41) is 4.79. The Morgan fingerprint density at radius 1 is 1.14 bits per heavy atom. The molecular formula is C18H27N3. The summed E-state index contributed by atoms with van der Waals surface area (Å²) in [5.41, 5.74) is 11.5. The van der Waals surface area contributed by atoms with E-state index in [1.165, 1.54) is 16.8 Å². The van der Waals surface area contributed by atoms with Gasteiger partial charge in [0.15, 0.2) is 0 Å². The second-order valence-electron chi connectivity index (χ2n) is 6.12. The van der Waals surface area contributed by atoms with Crippen molar-refractivity contribution in [2.45, 2.75) is 53.1 Å². The summed E-state index contributed by atoms with van der Waals surface area (Å²) >= 11 is 0. The van der Waals surface area contributed by atoms with Crippen molar-refractivity contribution in [2.24, 2.45) is 11.7 Å². The third-order valence-electron chi connectivity index (χ3n) is 4.35. The zero-order valence-corrected chi connectivity index (χ0v) is 13.8. The number of nitrogens with zero attached hydrogens (tertiary/aromatic N) is 2. The lowest BCUT2D eigenvalue weighted by atomic mass is 9.91. The third-order valence-corrected chi connectivity index (χ3v) is 4.35. The molecule has 1 aromatic carbocycles. The summed E-state index contributed by atoms with van der Waals surface area (Å²) in [6, 6.07) is 10.5. The molecule has 2 N–H and O–H groups in total. The number of aryl methyl sites for hydroxylation is 1. The second-order valence-corrected chi connectivity index (χ2v) is 6.12. The number of nitrogens with two attached hydrogens (primary N) is 1.